The van der Waals surface area contributed by atoms with E-state index in [1.807, 2.05) is 0 Å². The van der Waals surface area contributed by atoms with Gasteiger partial charge in [0.15, 0.2) is 0 Å². The Kier molecular flexibility index (Phi) is 4.62. The number of hydrogen-bond donors (Lipinski definition) is 0. The first-order chi connectivity index (χ1) is 6.86. The van der Waals surface area contributed by atoms with Crippen LogP contribution in [-0.2, 0) is 4.74 Å². The Morgan fingerprint density at radius 1 is 1.33 bits per heavy atom. The van der Waals surface area contributed by atoms with E-state index in [9.17, 15) is 4.79 Å². The lowest BCUT2D eigenvalue weighted by atomic mass is 9.98. The molecule has 0 atom stereocenters. The molecule has 5 heteroatoms. The minimum Gasteiger partial charge on any atom is -0.446 e. The summed E-state index contributed by atoms with van der Waals surface area (Å²) in [6.07, 6.45) is 10.0. The summed E-state index contributed by atoms with van der Waals surface area (Å²) in [5, 5.41) is 0. The molecule has 1 saturated carbocycles. The average molecular weight is 231 g/mol. The van der Waals surface area contributed by atoms with Crippen molar-refractivity contribution in [1.82, 2.24) is 9.55 Å². The van der Waals surface area contributed by atoms with Gasteiger partial charge >= 0.3 is 6.09 Å². The summed E-state index contributed by atoms with van der Waals surface area (Å²) in [4.78, 5) is 15.3. The van der Waals surface area contributed by atoms with E-state index in [0.29, 0.717) is 0 Å². The third-order valence-corrected chi connectivity index (χ3v) is 2.53. The Labute approximate surface area is 95.0 Å². The van der Waals surface area contributed by atoms with Crippen LogP contribution in [0.15, 0.2) is 18.7 Å². The molecule has 0 bridgehead atoms. The second kappa shape index (κ2) is 5.75. The molecular formula is C10H15ClN2O2. The molecule has 0 saturated heterocycles. The van der Waals surface area contributed by atoms with Crippen molar-refractivity contribution in [2.45, 2.75) is 38.2 Å². The second-order valence-electron chi connectivity index (χ2n) is 3.61. The standard InChI is InChI=1S/C10H14N2O2.ClH/c13-10(12-7-6-11-8-12)14-9-4-2-1-3-5-9;/h6-9H,1-5H2;1H. The SMILES string of the molecule is Cl.O=C(OC1CCCCC1)n1ccnc1. The normalized spacial score (nSPS) is 16.8. The van der Waals surface area contributed by atoms with E-state index >= 15 is 0 Å². The van der Waals surface area contributed by atoms with Crippen LogP contribution in [0.2, 0.25) is 0 Å². The lowest BCUT2D eigenvalue weighted by molar-refractivity contribution is 0.0764. The number of rotatable bonds is 1. The van der Waals surface area contributed by atoms with Gasteiger partial charge in [0.05, 0.1) is 0 Å². The van der Waals surface area contributed by atoms with Crippen LogP contribution in [0.4, 0.5) is 4.79 Å². The Morgan fingerprint density at radius 2 is 2.07 bits per heavy atom. The highest BCUT2D eigenvalue weighted by atomic mass is 35.5. The van der Waals surface area contributed by atoms with E-state index in [2.05, 4.69) is 4.98 Å². The summed E-state index contributed by atoms with van der Waals surface area (Å²) >= 11 is 0. The largest absolute Gasteiger partial charge is 0.446 e. The average Bonchev–Trinajstić information content (AvgIpc) is 2.72. The summed E-state index contributed by atoms with van der Waals surface area (Å²) in [5.41, 5.74) is 0. The summed E-state index contributed by atoms with van der Waals surface area (Å²) < 4.78 is 6.69. The van der Waals surface area contributed by atoms with Crippen molar-refractivity contribution in [1.29, 1.82) is 0 Å². The molecule has 15 heavy (non-hydrogen) atoms. The van der Waals surface area contributed by atoms with Gasteiger partial charge in [0, 0.05) is 12.4 Å². The summed E-state index contributed by atoms with van der Waals surface area (Å²) in [7, 11) is 0. The van der Waals surface area contributed by atoms with Crippen molar-refractivity contribution in [3.63, 3.8) is 0 Å². The number of carbonyl (C=O) groups is 1. The first kappa shape index (κ1) is 12.0. The van der Waals surface area contributed by atoms with Gasteiger partial charge in [-0.15, -0.1) is 12.4 Å². The molecule has 1 aliphatic rings. The summed E-state index contributed by atoms with van der Waals surface area (Å²) in [6.45, 7) is 0. The van der Waals surface area contributed by atoms with Crippen molar-refractivity contribution in [3.05, 3.63) is 18.7 Å². The number of halogens is 1. The monoisotopic (exact) mass is 230 g/mol. The number of carbonyl (C=O) groups excluding carboxylic acids is 1. The van der Waals surface area contributed by atoms with Gasteiger partial charge < -0.3 is 4.74 Å². The fourth-order valence-corrected chi connectivity index (χ4v) is 1.75. The quantitative estimate of drug-likeness (QED) is 0.745. The van der Waals surface area contributed by atoms with Crippen LogP contribution in [0, 0.1) is 0 Å². The van der Waals surface area contributed by atoms with Crippen LogP contribution < -0.4 is 0 Å². The number of ether oxygens (including phenoxy) is 1. The molecule has 1 aromatic heterocycles. The molecule has 0 aromatic carbocycles. The maximum Gasteiger partial charge on any atom is 0.419 e. The zero-order valence-electron chi connectivity index (χ0n) is 8.46. The topological polar surface area (TPSA) is 44.1 Å². The van der Waals surface area contributed by atoms with Crippen molar-refractivity contribution in [3.8, 4) is 0 Å². The highest BCUT2D eigenvalue weighted by Crippen LogP contribution is 2.20. The predicted octanol–water partition coefficient (Wildman–Crippen LogP) is 2.62. The van der Waals surface area contributed by atoms with Crippen molar-refractivity contribution >= 4 is 18.5 Å². The first-order valence-corrected chi connectivity index (χ1v) is 5.05. The fourth-order valence-electron chi connectivity index (χ4n) is 1.75. The predicted molar refractivity (Wildman–Crippen MR) is 58.2 cm³/mol. The molecule has 0 N–H and O–H groups in total. The van der Waals surface area contributed by atoms with Crippen molar-refractivity contribution in [2.24, 2.45) is 0 Å². The first-order valence-electron chi connectivity index (χ1n) is 5.05. The molecule has 0 aliphatic heterocycles. The molecule has 4 nitrogen and oxygen atoms in total. The lowest BCUT2D eigenvalue weighted by Gasteiger charge is -2.21. The van der Waals surface area contributed by atoms with Crippen molar-refractivity contribution < 1.29 is 9.53 Å². The van der Waals surface area contributed by atoms with E-state index in [1.165, 1.54) is 30.2 Å². The third-order valence-electron chi connectivity index (χ3n) is 2.53. The molecule has 0 unspecified atom stereocenters. The minimum atomic E-state index is -0.311. The Hall–Kier alpha value is -1.03. The van der Waals surface area contributed by atoms with E-state index in [4.69, 9.17) is 4.74 Å². The molecule has 0 radical (unpaired) electrons. The molecule has 1 fully saturated rings. The van der Waals surface area contributed by atoms with E-state index < -0.39 is 0 Å². The van der Waals surface area contributed by atoms with Gasteiger partial charge in [0.1, 0.15) is 12.4 Å². The lowest BCUT2D eigenvalue weighted by Crippen LogP contribution is -2.23. The second-order valence-corrected chi connectivity index (χ2v) is 3.61. The van der Waals surface area contributed by atoms with Gasteiger partial charge in [-0.05, 0) is 25.7 Å². The smallest absolute Gasteiger partial charge is 0.419 e. The molecule has 1 aromatic rings. The molecule has 1 heterocycles. The van der Waals surface area contributed by atoms with Crippen LogP contribution in [0.25, 0.3) is 0 Å². The molecule has 1 aliphatic carbocycles. The minimum absolute atomic E-state index is 0. The maximum atomic E-state index is 11.5. The number of imidazole rings is 1. The van der Waals surface area contributed by atoms with Gasteiger partial charge in [0.25, 0.3) is 0 Å². The van der Waals surface area contributed by atoms with Gasteiger partial charge in [-0.25, -0.2) is 14.3 Å². The summed E-state index contributed by atoms with van der Waals surface area (Å²) in [5.74, 6) is 0. The highest BCUT2D eigenvalue weighted by Gasteiger charge is 2.18. The fraction of sp³-hybridized carbons (Fsp3) is 0.600. The van der Waals surface area contributed by atoms with Crippen LogP contribution in [0.3, 0.4) is 0 Å². The molecular weight excluding hydrogens is 216 g/mol. The van der Waals surface area contributed by atoms with Gasteiger partial charge in [-0.1, -0.05) is 6.42 Å². The van der Waals surface area contributed by atoms with E-state index in [-0.39, 0.29) is 24.6 Å². The van der Waals surface area contributed by atoms with Gasteiger partial charge in [-0.3, -0.25) is 0 Å². The Balaban J connectivity index is 0.00000112. The molecule has 0 amide bonds. The molecule has 84 valence electrons. The van der Waals surface area contributed by atoms with Crippen LogP contribution in [-0.4, -0.2) is 21.7 Å². The molecule has 0 spiro atoms. The van der Waals surface area contributed by atoms with Crippen LogP contribution >= 0.6 is 12.4 Å². The molecule has 2 rings (SSSR count). The van der Waals surface area contributed by atoms with Crippen LogP contribution in [0.5, 0.6) is 0 Å². The number of aromatic nitrogens is 2. The third kappa shape index (κ3) is 3.23. The van der Waals surface area contributed by atoms with Gasteiger partial charge in [0.2, 0.25) is 0 Å². The summed E-state index contributed by atoms with van der Waals surface area (Å²) in [6, 6.07) is 0. The van der Waals surface area contributed by atoms with Gasteiger partial charge in [-0.2, -0.15) is 0 Å². The number of nitrogens with zero attached hydrogens (tertiary/aromatic N) is 2. The van der Waals surface area contributed by atoms with E-state index in [0.717, 1.165) is 12.8 Å². The zero-order chi connectivity index (χ0) is 9.80. The van der Waals surface area contributed by atoms with E-state index in [1.54, 1.807) is 12.4 Å². The number of hydrogen-bond acceptors (Lipinski definition) is 3. The van der Waals surface area contributed by atoms with Crippen molar-refractivity contribution in [2.75, 3.05) is 0 Å². The highest BCUT2D eigenvalue weighted by molar-refractivity contribution is 5.85. The Morgan fingerprint density at radius 3 is 2.67 bits per heavy atom. The Bertz CT molecular complexity index is 294. The zero-order valence-corrected chi connectivity index (χ0v) is 9.28. The van der Waals surface area contributed by atoms with Crippen LogP contribution in [0.1, 0.15) is 32.1 Å². The maximum absolute atomic E-state index is 11.5.